The molecule has 1 rings (SSSR count). The van der Waals surface area contributed by atoms with Gasteiger partial charge in [0.15, 0.2) is 0 Å². The Hall–Kier alpha value is -0.900. The highest BCUT2D eigenvalue weighted by Crippen LogP contribution is 2.12. The molecule has 1 heterocycles. The number of hydrogen-bond donors (Lipinski definition) is 1. The third-order valence-electron chi connectivity index (χ3n) is 1.05. The number of nitrogens with one attached hydrogen (secondary N) is 1. The van der Waals surface area contributed by atoms with E-state index in [2.05, 4.69) is 26.2 Å². The number of hydrogen-bond acceptors (Lipinski definition) is 2. The lowest BCUT2D eigenvalue weighted by Gasteiger charge is -1.99. The Balaban J connectivity index is 3.40. The van der Waals surface area contributed by atoms with E-state index < -0.39 is 5.91 Å². The van der Waals surface area contributed by atoms with Gasteiger partial charge >= 0.3 is 0 Å². The maximum absolute atomic E-state index is 11.2. The quantitative estimate of drug-likeness (QED) is 0.769. The number of aromatic nitrogens is 1. The first-order valence-corrected chi connectivity index (χ1v) is 3.63. The molecule has 0 aliphatic rings. The molecular weight excluding hydrogens is 208 g/mol. The summed E-state index contributed by atoms with van der Waals surface area (Å²) in [6, 6.07) is -0.506. The number of pyridine rings is 1. The van der Waals surface area contributed by atoms with Gasteiger partial charge in [0.2, 0.25) is 0 Å². The number of halogens is 1. The molecule has 0 saturated carbocycles. The first-order chi connectivity index (χ1) is 6.49. The average Bonchev–Trinajstić information content (AvgIpc) is 2.19. The van der Waals surface area contributed by atoms with Gasteiger partial charge in [-0.25, -0.2) is 4.98 Å². The molecule has 3 nitrogen and oxygen atoms in total. The summed E-state index contributed by atoms with van der Waals surface area (Å²) in [6.45, 7) is 0. The fraction of sp³-hybridized carbons (Fsp3) is 0.143. The van der Waals surface area contributed by atoms with Crippen molar-refractivity contribution in [3.63, 3.8) is 0 Å². The normalized spacial score (nSPS) is 13.1. The van der Waals surface area contributed by atoms with Gasteiger partial charge in [0.1, 0.15) is 5.69 Å². The van der Waals surface area contributed by atoms with Crippen LogP contribution in [0.2, 0.25) is 0 Å². The molecule has 1 N–H and O–H groups in total. The SMILES string of the molecule is [2H]c1nc(C(=O)NC)c(Br)c([2H])c1[2H]. The van der Waals surface area contributed by atoms with Crippen LogP contribution < -0.4 is 5.32 Å². The van der Waals surface area contributed by atoms with Crippen LogP contribution in [0.25, 0.3) is 0 Å². The molecule has 11 heavy (non-hydrogen) atoms. The third kappa shape index (κ3) is 1.77. The zero-order valence-corrected chi connectivity index (χ0v) is 7.32. The van der Waals surface area contributed by atoms with Crippen molar-refractivity contribution in [1.29, 1.82) is 0 Å². The topological polar surface area (TPSA) is 42.0 Å². The molecule has 0 aliphatic heterocycles. The van der Waals surface area contributed by atoms with Crippen LogP contribution in [0.5, 0.6) is 0 Å². The zero-order chi connectivity index (χ0) is 10.9. The van der Waals surface area contributed by atoms with Gasteiger partial charge in [-0.15, -0.1) is 0 Å². The molecule has 0 spiro atoms. The van der Waals surface area contributed by atoms with Gasteiger partial charge in [0.25, 0.3) is 5.91 Å². The first-order valence-electron chi connectivity index (χ1n) is 4.34. The minimum atomic E-state index is -0.487. The van der Waals surface area contributed by atoms with E-state index in [0.29, 0.717) is 0 Å². The number of carbonyl (C=O) groups is 1. The molecule has 1 aromatic rings. The standard InChI is InChI=1S/C7H7BrN2O/c1-9-7(11)6-5(8)3-2-4-10-6/h2-4H,1H3,(H,9,11)/i2D,3D,4D. The smallest absolute Gasteiger partial charge is 0.270 e. The molecule has 0 unspecified atom stereocenters. The van der Waals surface area contributed by atoms with E-state index in [1.807, 2.05) is 0 Å². The van der Waals surface area contributed by atoms with Crippen molar-refractivity contribution in [2.45, 2.75) is 0 Å². The molecule has 1 amide bonds. The molecule has 1 aromatic heterocycles. The molecule has 0 aliphatic carbocycles. The summed E-state index contributed by atoms with van der Waals surface area (Å²) in [4.78, 5) is 14.8. The minimum absolute atomic E-state index is 0.0431. The van der Waals surface area contributed by atoms with Gasteiger partial charge in [-0.05, 0) is 28.0 Å². The van der Waals surface area contributed by atoms with Gasteiger partial charge in [0.05, 0.1) is 4.11 Å². The summed E-state index contributed by atoms with van der Waals surface area (Å²) in [5.41, 5.74) is -0.0431. The second kappa shape index (κ2) is 3.48. The summed E-state index contributed by atoms with van der Waals surface area (Å²) in [5, 5.41) is 2.34. The van der Waals surface area contributed by atoms with Crippen molar-refractivity contribution in [1.82, 2.24) is 10.3 Å². The highest BCUT2D eigenvalue weighted by molar-refractivity contribution is 9.10. The van der Waals surface area contributed by atoms with Crippen LogP contribution >= 0.6 is 15.9 Å². The summed E-state index contributed by atoms with van der Waals surface area (Å²) >= 11 is 2.99. The minimum Gasteiger partial charge on any atom is -0.354 e. The Morgan fingerprint density at radius 1 is 1.91 bits per heavy atom. The van der Waals surface area contributed by atoms with Crippen molar-refractivity contribution in [2.24, 2.45) is 0 Å². The van der Waals surface area contributed by atoms with Gasteiger partial charge in [-0.3, -0.25) is 4.79 Å². The number of nitrogens with zero attached hydrogens (tertiary/aromatic N) is 1. The molecular formula is C7H7BrN2O. The van der Waals surface area contributed by atoms with E-state index in [9.17, 15) is 4.79 Å². The van der Waals surface area contributed by atoms with Gasteiger partial charge in [0, 0.05) is 17.7 Å². The van der Waals surface area contributed by atoms with E-state index in [0.717, 1.165) is 0 Å². The van der Waals surface area contributed by atoms with E-state index in [4.69, 9.17) is 4.11 Å². The summed E-state index contributed by atoms with van der Waals surface area (Å²) in [6.07, 6.45) is -0.378. The molecule has 4 heteroatoms. The molecule has 0 fully saturated rings. The average molecular weight is 218 g/mol. The second-order valence-electron chi connectivity index (χ2n) is 1.72. The van der Waals surface area contributed by atoms with Crippen LogP contribution in [0.1, 0.15) is 14.6 Å². The van der Waals surface area contributed by atoms with E-state index in [1.165, 1.54) is 7.05 Å². The Kier molecular flexibility index (Phi) is 1.54. The van der Waals surface area contributed by atoms with Crippen LogP contribution in [0.3, 0.4) is 0 Å². The molecule has 0 bridgehead atoms. The zero-order valence-electron chi connectivity index (χ0n) is 8.73. The molecule has 0 aromatic carbocycles. The monoisotopic (exact) mass is 217 g/mol. The van der Waals surface area contributed by atoms with Crippen molar-refractivity contribution < 1.29 is 8.91 Å². The Bertz CT molecular complexity index is 397. The maximum Gasteiger partial charge on any atom is 0.270 e. The Labute approximate surface area is 77.2 Å². The molecule has 0 radical (unpaired) electrons. The molecule has 0 atom stereocenters. The predicted octanol–water partition coefficient (Wildman–Crippen LogP) is 1.20. The third-order valence-corrected chi connectivity index (χ3v) is 1.62. The van der Waals surface area contributed by atoms with Gasteiger partial charge < -0.3 is 5.32 Å². The molecule has 58 valence electrons. The van der Waals surface area contributed by atoms with E-state index >= 15 is 0 Å². The van der Waals surface area contributed by atoms with Crippen LogP contribution in [0.4, 0.5) is 0 Å². The lowest BCUT2D eigenvalue weighted by atomic mass is 10.3. The first kappa shape index (κ1) is 4.87. The lowest BCUT2D eigenvalue weighted by Crippen LogP contribution is -2.19. The fourth-order valence-corrected chi connectivity index (χ4v) is 0.912. The van der Waals surface area contributed by atoms with Crippen LogP contribution in [0.15, 0.2) is 22.7 Å². The van der Waals surface area contributed by atoms with Crippen molar-refractivity contribution in [2.75, 3.05) is 7.05 Å². The van der Waals surface area contributed by atoms with E-state index in [-0.39, 0.29) is 28.4 Å². The maximum atomic E-state index is 11.2. The Morgan fingerprint density at radius 3 is 3.27 bits per heavy atom. The fourth-order valence-electron chi connectivity index (χ4n) is 0.544. The van der Waals surface area contributed by atoms with Gasteiger partial charge in [-0.2, -0.15) is 0 Å². The van der Waals surface area contributed by atoms with Crippen LogP contribution in [0, 0.1) is 0 Å². The summed E-state index contributed by atoms with van der Waals surface area (Å²) in [7, 11) is 1.43. The van der Waals surface area contributed by atoms with E-state index in [1.54, 1.807) is 0 Å². The van der Waals surface area contributed by atoms with Gasteiger partial charge in [-0.1, -0.05) is 0 Å². The number of rotatable bonds is 1. The second-order valence-corrected chi connectivity index (χ2v) is 2.51. The highest BCUT2D eigenvalue weighted by Gasteiger charge is 2.07. The lowest BCUT2D eigenvalue weighted by molar-refractivity contribution is 0.0957. The largest absolute Gasteiger partial charge is 0.354 e. The van der Waals surface area contributed by atoms with Crippen LogP contribution in [-0.4, -0.2) is 17.9 Å². The number of amides is 1. The molecule has 0 saturated heterocycles. The Morgan fingerprint density at radius 2 is 2.64 bits per heavy atom. The van der Waals surface area contributed by atoms with Crippen molar-refractivity contribution in [3.05, 3.63) is 28.4 Å². The summed E-state index contributed by atoms with van der Waals surface area (Å²) < 4.78 is 22.1. The van der Waals surface area contributed by atoms with Crippen LogP contribution in [-0.2, 0) is 0 Å². The number of carbonyl (C=O) groups excluding carboxylic acids is 1. The van der Waals surface area contributed by atoms with Crippen molar-refractivity contribution >= 4 is 21.8 Å². The summed E-state index contributed by atoms with van der Waals surface area (Å²) in [5.74, 6) is -0.487. The highest BCUT2D eigenvalue weighted by atomic mass is 79.9. The predicted molar refractivity (Wildman–Crippen MR) is 45.3 cm³/mol. The van der Waals surface area contributed by atoms with Crippen molar-refractivity contribution in [3.8, 4) is 0 Å².